The molecule has 0 radical (unpaired) electrons. The van der Waals surface area contributed by atoms with Gasteiger partial charge in [0.1, 0.15) is 5.82 Å². The van der Waals surface area contributed by atoms with Gasteiger partial charge in [-0.15, -0.1) is 0 Å². The van der Waals surface area contributed by atoms with Crippen molar-refractivity contribution in [2.75, 3.05) is 18.0 Å². The Kier molecular flexibility index (Phi) is 6.69. The molecule has 2 rings (SSSR count). The van der Waals surface area contributed by atoms with Crippen LogP contribution >= 0.6 is 0 Å². The van der Waals surface area contributed by atoms with Gasteiger partial charge in [-0.2, -0.15) is 0 Å². The van der Waals surface area contributed by atoms with Crippen LogP contribution in [0.25, 0.3) is 0 Å². The van der Waals surface area contributed by atoms with Gasteiger partial charge in [-0.1, -0.05) is 37.3 Å². The molecule has 0 aliphatic heterocycles. The number of nitrogens with zero attached hydrogens (tertiary/aromatic N) is 1. The molecule has 0 saturated carbocycles. The molecule has 0 aromatic heterocycles. The second kappa shape index (κ2) is 8.97. The topological polar surface area (TPSA) is 49.4 Å². The van der Waals surface area contributed by atoms with E-state index in [2.05, 4.69) is 12.2 Å². The van der Waals surface area contributed by atoms with Crippen molar-refractivity contribution in [3.05, 3.63) is 65.5 Å². The van der Waals surface area contributed by atoms with Crippen molar-refractivity contribution in [1.82, 2.24) is 5.32 Å². The molecule has 0 bridgehead atoms. The van der Waals surface area contributed by atoms with E-state index in [9.17, 15) is 14.0 Å². The van der Waals surface area contributed by atoms with Crippen molar-refractivity contribution in [1.29, 1.82) is 0 Å². The number of rotatable bonds is 7. The van der Waals surface area contributed by atoms with E-state index in [0.717, 1.165) is 12.1 Å². The van der Waals surface area contributed by atoms with E-state index in [1.54, 1.807) is 23.1 Å². The van der Waals surface area contributed by atoms with E-state index in [1.165, 1.54) is 18.6 Å². The Labute approximate surface area is 147 Å². The van der Waals surface area contributed by atoms with Crippen molar-refractivity contribution in [2.45, 2.75) is 26.7 Å². The van der Waals surface area contributed by atoms with Crippen LogP contribution in [-0.2, 0) is 22.4 Å². The van der Waals surface area contributed by atoms with Crippen LogP contribution in [0.5, 0.6) is 0 Å². The molecule has 0 atom stereocenters. The van der Waals surface area contributed by atoms with Gasteiger partial charge in [0, 0.05) is 25.7 Å². The number of amides is 2. The SMILES string of the molecule is CCc1ccc(N(CCNC(=O)Cc2ccccc2F)C(C)=O)cc1. The summed E-state index contributed by atoms with van der Waals surface area (Å²) in [7, 11) is 0. The zero-order valence-electron chi connectivity index (χ0n) is 14.6. The first-order valence-electron chi connectivity index (χ1n) is 8.38. The second-order valence-corrected chi connectivity index (χ2v) is 5.81. The Bertz CT molecular complexity index is 729. The molecule has 0 unspecified atom stereocenters. The van der Waals surface area contributed by atoms with Crippen LogP contribution in [0.2, 0.25) is 0 Å². The molecular formula is C20H23FN2O2. The highest BCUT2D eigenvalue weighted by molar-refractivity contribution is 5.91. The molecule has 0 saturated heterocycles. The molecule has 0 spiro atoms. The standard InChI is InChI=1S/C20H23FN2O2/c1-3-16-8-10-18(11-9-16)23(15(2)24)13-12-22-20(25)14-17-6-4-5-7-19(17)21/h4-11H,3,12-14H2,1-2H3,(H,22,25). The van der Waals surface area contributed by atoms with Gasteiger partial charge in [0.2, 0.25) is 11.8 Å². The minimum Gasteiger partial charge on any atom is -0.354 e. The van der Waals surface area contributed by atoms with Gasteiger partial charge in [0.15, 0.2) is 0 Å². The average Bonchev–Trinajstić information content (AvgIpc) is 2.60. The van der Waals surface area contributed by atoms with Gasteiger partial charge < -0.3 is 10.2 Å². The molecule has 0 aliphatic carbocycles. The normalized spacial score (nSPS) is 10.4. The van der Waals surface area contributed by atoms with E-state index in [1.807, 2.05) is 24.3 Å². The number of hydrogen-bond acceptors (Lipinski definition) is 2. The third-order valence-electron chi connectivity index (χ3n) is 4.00. The molecule has 132 valence electrons. The number of anilines is 1. The number of carbonyl (C=O) groups excluding carboxylic acids is 2. The molecular weight excluding hydrogens is 319 g/mol. The lowest BCUT2D eigenvalue weighted by atomic mass is 10.1. The van der Waals surface area contributed by atoms with Gasteiger partial charge in [-0.3, -0.25) is 9.59 Å². The Morgan fingerprint density at radius 2 is 1.76 bits per heavy atom. The number of halogens is 1. The summed E-state index contributed by atoms with van der Waals surface area (Å²) >= 11 is 0. The Morgan fingerprint density at radius 3 is 2.36 bits per heavy atom. The Hall–Kier alpha value is -2.69. The number of benzene rings is 2. The number of hydrogen-bond donors (Lipinski definition) is 1. The Balaban J connectivity index is 1.89. The lowest BCUT2D eigenvalue weighted by Crippen LogP contribution is -2.38. The fourth-order valence-corrected chi connectivity index (χ4v) is 2.56. The molecule has 2 aromatic rings. The molecule has 4 nitrogen and oxygen atoms in total. The summed E-state index contributed by atoms with van der Waals surface area (Å²) in [5.74, 6) is -0.749. The molecule has 25 heavy (non-hydrogen) atoms. The fourth-order valence-electron chi connectivity index (χ4n) is 2.56. The van der Waals surface area contributed by atoms with Gasteiger partial charge in [-0.05, 0) is 35.7 Å². The van der Waals surface area contributed by atoms with Crippen LogP contribution < -0.4 is 10.2 Å². The van der Waals surface area contributed by atoms with Crippen LogP contribution in [0.3, 0.4) is 0 Å². The van der Waals surface area contributed by atoms with E-state index in [0.29, 0.717) is 18.7 Å². The number of carbonyl (C=O) groups is 2. The van der Waals surface area contributed by atoms with Gasteiger partial charge in [0.05, 0.1) is 6.42 Å². The smallest absolute Gasteiger partial charge is 0.224 e. The maximum absolute atomic E-state index is 13.6. The summed E-state index contributed by atoms with van der Waals surface area (Å²) in [6.07, 6.45) is 0.921. The minimum absolute atomic E-state index is 0.0159. The van der Waals surface area contributed by atoms with Gasteiger partial charge in [-0.25, -0.2) is 4.39 Å². The molecule has 2 aromatic carbocycles. The van der Waals surface area contributed by atoms with Gasteiger partial charge >= 0.3 is 0 Å². The van der Waals surface area contributed by atoms with E-state index in [-0.39, 0.29) is 24.1 Å². The van der Waals surface area contributed by atoms with E-state index < -0.39 is 0 Å². The lowest BCUT2D eigenvalue weighted by Gasteiger charge is -2.21. The number of nitrogens with one attached hydrogen (secondary N) is 1. The summed E-state index contributed by atoms with van der Waals surface area (Å²) in [5, 5.41) is 2.74. The first-order valence-corrected chi connectivity index (χ1v) is 8.38. The molecule has 5 heteroatoms. The maximum Gasteiger partial charge on any atom is 0.224 e. The highest BCUT2D eigenvalue weighted by Gasteiger charge is 2.12. The van der Waals surface area contributed by atoms with Crippen molar-refractivity contribution in [3.63, 3.8) is 0 Å². The van der Waals surface area contributed by atoms with Crippen LogP contribution in [0.15, 0.2) is 48.5 Å². The van der Waals surface area contributed by atoms with Gasteiger partial charge in [0.25, 0.3) is 0 Å². The summed E-state index contributed by atoms with van der Waals surface area (Å²) in [4.78, 5) is 25.4. The van der Waals surface area contributed by atoms with Crippen LogP contribution in [0, 0.1) is 5.82 Å². The largest absolute Gasteiger partial charge is 0.354 e. The highest BCUT2D eigenvalue weighted by Crippen LogP contribution is 2.15. The fraction of sp³-hybridized carbons (Fsp3) is 0.300. The minimum atomic E-state index is -0.390. The van der Waals surface area contributed by atoms with Crippen molar-refractivity contribution in [2.24, 2.45) is 0 Å². The van der Waals surface area contributed by atoms with Crippen molar-refractivity contribution < 1.29 is 14.0 Å². The van der Waals surface area contributed by atoms with Crippen molar-refractivity contribution in [3.8, 4) is 0 Å². The molecule has 0 heterocycles. The molecule has 0 aliphatic rings. The molecule has 0 fully saturated rings. The summed E-state index contributed by atoms with van der Waals surface area (Å²) in [6, 6.07) is 14.0. The van der Waals surface area contributed by atoms with E-state index >= 15 is 0 Å². The third-order valence-corrected chi connectivity index (χ3v) is 4.00. The van der Waals surface area contributed by atoms with Crippen LogP contribution in [0.1, 0.15) is 25.0 Å². The lowest BCUT2D eigenvalue weighted by molar-refractivity contribution is -0.121. The third kappa shape index (κ3) is 5.41. The highest BCUT2D eigenvalue weighted by atomic mass is 19.1. The van der Waals surface area contributed by atoms with Crippen molar-refractivity contribution >= 4 is 17.5 Å². The van der Waals surface area contributed by atoms with Crippen LogP contribution in [-0.4, -0.2) is 24.9 Å². The molecule has 2 amide bonds. The predicted molar refractivity (Wildman–Crippen MR) is 97.0 cm³/mol. The number of aryl methyl sites for hydroxylation is 1. The summed E-state index contributed by atoms with van der Waals surface area (Å²) in [6.45, 7) is 4.24. The quantitative estimate of drug-likeness (QED) is 0.840. The first kappa shape index (κ1) is 18.6. The maximum atomic E-state index is 13.6. The zero-order valence-corrected chi connectivity index (χ0v) is 14.6. The first-order chi connectivity index (χ1) is 12.0. The second-order valence-electron chi connectivity index (χ2n) is 5.81. The summed E-state index contributed by atoms with van der Waals surface area (Å²) < 4.78 is 13.6. The molecule has 1 N–H and O–H groups in total. The summed E-state index contributed by atoms with van der Waals surface area (Å²) in [5.41, 5.74) is 2.36. The van der Waals surface area contributed by atoms with Crippen LogP contribution in [0.4, 0.5) is 10.1 Å². The average molecular weight is 342 g/mol. The monoisotopic (exact) mass is 342 g/mol. The van der Waals surface area contributed by atoms with E-state index in [4.69, 9.17) is 0 Å². The zero-order chi connectivity index (χ0) is 18.2. The Morgan fingerprint density at radius 1 is 1.08 bits per heavy atom. The predicted octanol–water partition coefficient (Wildman–Crippen LogP) is 3.10.